The van der Waals surface area contributed by atoms with Gasteiger partial charge in [0.2, 0.25) is 0 Å². The molecule has 1 aromatic rings. The number of benzene rings is 1. The Hall–Kier alpha value is -0.890. The molecule has 0 bridgehead atoms. The molecular formula is C11H15ClN2. The van der Waals surface area contributed by atoms with Gasteiger partial charge >= 0.3 is 0 Å². The number of hydrogen-bond acceptors (Lipinski definition) is 2. The van der Waals surface area contributed by atoms with Gasteiger partial charge in [0.25, 0.3) is 0 Å². The molecule has 1 aliphatic rings. The largest absolute Gasteiger partial charge is 0.388 e. The van der Waals surface area contributed by atoms with Crippen molar-refractivity contribution in [2.45, 2.75) is 12.8 Å². The van der Waals surface area contributed by atoms with Crippen LogP contribution in [0.25, 0.3) is 0 Å². The molecule has 76 valence electrons. The summed E-state index contributed by atoms with van der Waals surface area (Å²) in [6.07, 6.45) is 2.56. The zero-order chi connectivity index (χ0) is 9.97. The van der Waals surface area contributed by atoms with Gasteiger partial charge in [-0.15, -0.1) is 0 Å². The minimum Gasteiger partial charge on any atom is -0.388 e. The summed E-state index contributed by atoms with van der Waals surface area (Å²) in [6, 6.07) is 6.15. The molecule has 0 aromatic heterocycles. The van der Waals surface area contributed by atoms with E-state index in [0.717, 1.165) is 23.8 Å². The fraction of sp³-hybridized carbons (Fsp3) is 0.455. The highest BCUT2D eigenvalue weighted by Gasteiger charge is 2.14. The third-order valence-electron chi connectivity index (χ3n) is 2.68. The van der Waals surface area contributed by atoms with Gasteiger partial charge in [-0.25, -0.2) is 0 Å². The second-order valence-electron chi connectivity index (χ2n) is 3.61. The lowest BCUT2D eigenvalue weighted by Gasteiger charge is -2.19. The van der Waals surface area contributed by atoms with E-state index < -0.39 is 0 Å². The Kier molecular flexibility index (Phi) is 2.82. The summed E-state index contributed by atoms with van der Waals surface area (Å²) in [5.74, 6) is 0. The first-order chi connectivity index (χ1) is 6.81. The summed E-state index contributed by atoms with van der Waals surface area (Å²) in [7, 11) is 1.90. The van der Waals surface area contributed by atoms with Gasteiger partial charge in [0.1, 0.15) is 0 Å². The first-order valence-corrected chi connectivity index (χ1v) is 5.41. The van der Waals surface area contributed by atoms with Crippen LogP contribution in [0.3, 0.4) is 0 Å². The predicted molar refractivity (Wildman–Crippen MR) is 62.4 cm³/mol. The summed E-state index contributed by atoms with van der Waals surface area (Å²) in [6.45, 7) is 2.28. The van der Waals surface area contributed by atoms with Crippen LogP contribution in [0.15, 0.2) is 18.2 Å². The molecule has 0 aliphatic carbocycles. The molecule has 0 atom stereocenters. The second-order valence-corrected chi connectivity index (χ2v) is 4.02. The van der Waals surface area contributed by atoms with Crippen molar-refractivity contribution < 1.29 is 0 Å². The molecule has 0 saturated carbocycles. The smallest absolute Gasteiger partial charge is 0.0660 e. The van der Waals surface area contributed by atoms with Gasteiger partial charge in [-0.05, 0) is 31.0 Å². The summed E-state index contributed by atoms with van der Waals surface area (Å²) in [4.78, 5) is 2.35. The van der Waals surface area contributed by atoms with Crippen molar-refractivity contribution in [3.8, 4) is 0 Å². The van der Waals surface area contributed by atoms with Crippen LogP contribution in [0.4, 0.5) is 11.4 Å². The zero-order valence-electron chi connectivity index (χ0n) is 8.39. The van der Waals surface area contributed by atoms with Crippen molar-refractivity contribution in [2.24, 2.45) is 0 Å². The Labute approximate surface area is 89.9 Å². The highest BCUT2D eigenvalue weighted by Crippen LogP contribution is 2.30. The number of hydrogen-bond donors (Lipinski definition) is 1. The van der Waals surface area contributed by atoms with Crippen molar-refractivity contribution in [1.82, 2.24) is 0 Å². The van der Waals surface area contributed by atoms with Crippen molar-refractivity contribution in [1.29, 1.82) is 0 Å². The third-order valence-corrected chi connectivity index (χ3v) is 2.99. The van der Waals surface area contributed by atoms with Crippen LogP contribution in [0.1, 0.15) is 12.8 Å². The summed E-state index contributed by atoms with van der Waals surface area (Å²) < 4.78 is 0. The van der Waals surface area contributed by atoms with E-state index in [0.29, 0.717) is 0 Å². The van der Waals surface area contributed by atoms with Crippen LogP contribution in [-0.2, 0) is 0 Å². The molecule has 1 saturated heterocycles. The van der Waals surface area contributed by atoms with Crippen LogP contribution < -0.4 is 10.2 Å². The van der Waals surface area contributed by atoms with E-state index in [2.05, 4.69) is 22.3 Å². The average molecular weight is 211 g/mol. The van der Waals surface area contributed by atoms with Gasteiger partial charge in [-0.2, -0.15) is 0 Å². The topological polar surface area (TPSA) is 15.3 Å². The quantitative estimate of drug-likeness (QED) is 0.808. The van der Waals surface area contributed by atoms with Gasteiger partial charge < -0.3 is 10.2 Å². The first-order valence-electron chi connectivity index (χ1n) is 5.03. The van der Waals surface area contributed by atoms with Gasteiger partial charge in [-0.1, -0.05) is 11.6 Å². The highest BCUT2D eigenvalue weighted by molar-refractivity contribution is 6.33. The SMILES string of the molecule is CNc1ccc(N2CCCC2)c(Cl)c1. The Morgan fingerprint density at radius 3 is 2.57 bits per heavy atom. The van der Waals surface area contributed by atoms with E-state index in [1.165, 1.54) is 18.5 Å². The van der Waals surface area contributed by atoms with Crippen molar-refractivity contribution in [3.63, 3.8) is 0 Å². The van der Waals surface area contributed by atoms with Crippen LogP contribution in [0.2, 0.25) is 5.02 Å². The lowest BCUT2D eigenvalue weighted by atomic mass is 10.2. The fourth-order valence-electron chi connectivity index (χ4n) is 1.88. The summed E-state index contributed by atoms with van der Waals surface area (Å²) in [5.41, 5.74) is 2.24. The number of rotatable bonds is 2. The van der Waals surface area contributed by atoms with Crippen molar-refractivity contribution >= 4 is 23.0 Å². The van der Waals surface area contributed by atoms with Crippen molar-refractivity contribution in [2.75, 3.05) is 30.4 Å². The van der Waals surface area contributed by atoms with E-state index in [1.54, 1.807) is 0 Å². The molecule has 1 fully saturated rings. The van der Waals surface area contributed by atoms with E-state index in [-0.39, 0.29) is 0 Å². The van der Waals surface area contributed by atoms with Gasteiger partial charge in [0.15, 0.2) is 0 Å². The summed E-state index contributed by atoms with van der Waals surface area (Å²) >= 11 is 6.21. The maximum atomic E-state index is 6.21. The van der Waals surface area contributed by atoms with E-state index in [4.69, 9.17) is 11.6 Å². The fourth-order valence-corrected chi connectivity index (χ4v) is 2.18. The minimum atomic E-state index is 0.846. The molecule has 2 nitrogen and oxygen atoms in total. The normalized spacial score (nSPS) is 16.0. The van der Waals surface area contributed by atoms with Gasteiger partial charge in [0.05, 0.1) is 10.7 Å². The molecule has 0 radical (unpaired) electrons. The van der Waals surface area contributed by atoms with Crippen LogP contribution in [0, 0.1) is 0 Å². The Morgan fingerprint density at radius 2 is 2.00 bits per heavy atom. The van der Waals surface area contributed by atoms with Crippen molar-refractivity contribution in [3.05, 3.63) is 23.2 Å². The molecular weight excluding hydrogens is 196 g/mol. The van der Waals surface area contributed by atoms with E-state index in [9.17, 15) is 0 Å². The lowest BCUT2D eigenvalue weighted by Crippen LogP contribution is -2.17. The maximum absolute atomic E-state index is 6.21. The number of nitrogens with one attached hydrogen (secondary N) is 1. The second kappa shape index (κ2) is 4.09. The van der Waals surface area contributed by atoms with Crippen LogP contribution in [0.5, 0.6) is 0 Å². The molecule has 0 spiro atoms. The van der Waals surface area contributed by atoms with Gasteiger partial charge in [0, 0.05) is 25.8 Å². The number of halogens is 1. The van der Waals surface area contributed by atoms with E-state index in [1.807, 2.05) is 13.1 Å². The molecule has 14 heavy (non-hydrogen) atoms. The molecule has 0 unspecified atom stereocenters. The number of nitrogens with zero attached hydrogens (tertiary/aromatic N) is 1. The maximum Gasteiger partial charge on any atom is 0.0660 e. The third kappa shape index (κ3) is 1.80. The molecule has 1 aromatic carbocycles. The lowest BCUT2D eigenvalue weighted by molar-refractivity contribution is 0.949. The van der Waals surface area contributed by atoms with Crippen LogP contribution >= 0.6 is 11.6 Å². The summed E-state index contributed by atoms with van der Waals surface area (Å²) in [5, 5.41) is 3.93. The number of anilines is 2. The van der Waals surface area contributed by atoms with Crippen LogP contribution in [-0.4, -0.2) is 20.1 Å². The van der Waals surface area contributed by atoms with E-state index >= 15 is 0 Å². The molecule has 2 rings (SSSR count). The molecule has 3 heteroatoms. The Bertz CT molecular complexity index is 319. The zero-order valence-corrected chi connectivity index (χ0v) is 9.14. The first kappa shape index (κ1) is 9.66. The highest BCUT2D eigenvalue weighted by atomic mass is 35.5. The Balaban J connectivity index is 2.25. The van der Waals surface area contributed by atoms with Gasteiger partial charge in [-0.3, -0.25) is 0 Å². The molecule has 0 amide bonds. The predicted octanol–water partition coefficient (Wildman–Crippen LogP) is 2.98. The Morgan fingerprint density at radius 1 is 1.29 bits per heavy atom. The minimum absolute atomic E-state index is 0.846. The molecule has 1 aliphatic heterocycles. The average Bonchev–Trinajstić information content (AvgIpc) is 2.70. The molecule has 1 heterocycles. The standard InChI is InChI=1S/C11H15ClN2/c1-13-9-4-5-11(10(12)8-9)14-6-2-3-7-14/h4-5,8,13H,2-3,6-7H2,1H3. The molecule has 1 N–H and O–H groups in total. The monoisotopic (exact) mass is 210 g/mol.